The van der Waals surface area contributed by atoms with Crippen molar-refractivity contribution in [3.05, 3.63) is 59.9 Å². The number of nitrogens with zero attached hydrogens (tertiary/aromatic N) is 2. The Balaban J connectivity index is 1.53. The monoisotopic (exact) mass is 350 g/mol. The number of hydrogen-bond acceptors (Lipinski definition) is 3. The molecule has 7 heteroatoms. The number of carboxylic acid groups (broad SMARTS) is 1. The van der Waals surface area contributed by atoms with Crippen LogP contribution in [0.5, 0.6) is 0 Å². The number of fused-ring (bicyclic) bond motifs is 2. The molecule has 0 bridgehead atoms. The van der Waals surface area contributed by atoms with Gasteiger partial charge < -0.3 is 15.4 Å². The predicted octanol–water partition coefficient (Wildman–Crippen LogP) is 2.33. The molecular weight excluding hydrogens is 332 g/mol. The van der Waals surface area contributed by atoms with Crippen LogP contribution in [0, 0.1) is 0 Å². The zero-order valence-corrected chi connectivity index (χ0v) is 14.0. The summed E-state index contributed by atoms with van der Waals surface area (Å²) < 4.78 is 0. The molecule has 0 saturated carbocycles. The van der Waals surface area contributed by atoms with Gasteiger partial charge in [-0.1, -0.05) is 18.2 Å². The first kappa shape index (κ1) is 16.1. The van der Waals surface area contributed by atoms with Gasteiger partial charge in [0.15, 0.2) is 0 Å². The fraction of sp³-hybridized carbons (Fsp3) is 0.211. The van der Waals surface area contributed by atoms with Crippen LogP contribution in [-0.2, 0) is 17.6 Å². The molecule has 1 atom stereocenters. The van der Waals surface area contributed by atoms with Crippen molar-refractivity contribution >= 4 is 28.7 Å². The number of hydrogen-bond donors (Lipinski definition) is 3. The number of H-pyrrole nitrogens is 1. The van der Waals surface area contributed by atoms with Crippen molar-refractivity contribution in [1.82, 2.24) is 15.3 Å². The number of para-hydroxylation sites is 1. The number of amides is 2. The Kier molecular flexibility index (Phi) is 4.04. The average molecular weight is 350 g/mol. The van der Waals surface area contributed by atoms with Crippen LogP contribution >= 0.6 is 0 Å². The Labute approximate surface area is 149 Å². The summed E-state index contributed by atoms with van der Waals surface area (Å²) >= 11 is 0. The highest BCUT2D eigenvalue weighted by atomic mass is 16.4. The Morgan fingerprint density at radius 3 is 2.96 bits per heavy atom. The molecule has 3 aromatic rings. The average Bonchev–Trinajstić information content (AvgIpc) is 3.25. The lowest BCUT2D eigenvalue weighted by atomic mass is 10.1. The molecule has 3 N–H and O–H groups in total. The van der Waals surface area contributed by atoms with E-state index >= 15 is 0 Å². The summed E-state index contributed by atoms with van der Waals surface area (Å²) in [5, 5.41) is 12.2. The van der Waals surface area contributed by atoms with Gasteiger partial charge in [0, 0.05) is 31.0 Å². The minimum absolute atomic E-state index is 0.160. The molecule has 0 fully saturated rings. The maximum Gasteiger partial charge on any atom is 0.326 e. The number of benzene rings is 1. The van der Waals surface area contributed by atoms with E-state index in [-0.39, 0.29) is 6.42 Å². The number of aromatic nitrogens is 2. The van der Waals surface area contributed by atoms with Gasteiger partial charge in [-0.15, -0.1) is 0 Å². The van der Waals surface area contributed by atoms with Crippen molar-refractivity contribution in [3.63, 3.8) is 0 Å². The Morgan fingerprint density at radius 1 is 1.27 bits per heavy atom. The first-order chi connectivity index (χ1) is 12.6. The van der Waals surface area contributed by atoms with E-state index in [1.54, 1.807) is 17.3 Å². The van der Waals surface area contributed by atoms with E-state index in [1.807, 2.05) is 36.4 Å². The van der Waals surface area contributed by atoms with Crippen LogP contribution in [0.3, 0.4) is 0 Å². The van der Waals surface area contributed by atoms with E-state index in [4.69, 9.17) is 0 Å². The molecule has 0 radical (unpaired) electrons. The molecule has 2 amide bonds. The van der Waals surface area contributed by atoms with E-state index in [1.165, 1.54) is 0 Å². The third kappa shape index (κ3) is 2.88. The van der Waals surface area contributed by atoms with E-state index < -0.39 is 18.0 Å². The maximum atomic E-state index is 12.6. The van der Waals surface area contributed by atoms with Gasteiger partial charge in [-0.2, -0.15) is 0 Å². The van der Waals surface area contributed by atoms with Crippen molar-refractivity contribution in [2.45, 2.75) is 18.9 Å². The van der Waals surface area contributed by atoms with Gasteiger partial charge in [-0.3, -0.25) is 9.88 Å². The third-order valence-electron chi connectivity index (χ3n) is 4.67. The molecule has 2 aromatic heterocycles. The van der Waals surface area contributed by atoms with E-state index in [2.05, 4.69) is 15.3 Å². The highest BCUT2D eigenvalue weighted by molar-refractivity contribution is 5.96. The van der Waals surface area contributed by atoms with Crippen LogP contribution in [0.2, 0.25) is 0 Å². The fourth-order valence-electron chi connectivity index (χ4n) is 3.36. The van der Waals surface area contributed by atoms with Gasteiger partial charge in [0.05, 0.1) is 11.0 Å². The Hall–Kier alpha value is -3.35. The minimum Gasteiger partial charge on any atom is -0.480 e. The molecule has 3 heterocycles. The second kappa shape index (κ2) is 6.51. The number of carbonyl (C=O) groups excluding carboxylic acids is 1. The van der Waals surface area contributed by atoms with Crippen LogP contribution in [0.15, 0.2) is 48.8 Å². The van der Waals surface area contributed by atoms with Gasteiger partial charge in [-0.05, 0) is 35.7 Å². The van der Waals surface area contributed by atoms with Crippen molar-refractivity contribution in [3.8, 4) is 0 Å². The molecule has 26 heavy (non-hydrogen) atoms. The lowest BCUT2D eigenvalue weighted by Crippen LogP contribution is -2.48. The number of nitrogens with one attached hydrogen (secondary N) is 2. The Morgan fingerprint density at radius 2 is 2.12 bits per heavy atom. The second-order valence-electron chi connectivity index (χ2n) is 6.29. The van der Waals surface area contributed by atoms with Crippen LogP contribution in [0.1, 0.15) is 11.1 Å². The molecule has 1 aliphatic rings. The number of urea groups is 1. The number of aliphatic carboxylic acids is 1. The summed E-state index contributed by atoms with van der Waals surface area (Å²) in [6.45, 7) is 0.548. The number of rotatable bonds is 4. The molecule has 7 nitrogen and oxygen atoms in total. The normalized spacial score (nSPS) is 14.2. The summed E-state index contributed by atoms with van der Waals surface area (Å²) in [4.78, 5) is 33.3. The zero-order valence-electron chi connectivity index (χ0n) is 14.0. The van der Waals surface area contributed by atoms with Crippen LogP contribution in [0.25, 0.3) is 11.0 Å². The highest BCUT2D eigenvalue weighted by Crippen LogP contribution is 2.27. The maximum absolute atomic E-state index is 12.6. The highest BCUT2D eigenvalue weighted by Gasteiger charge is 2.28. The lowest BCUT2D eigenvalue weighted by Gasteiger charge is -2.21. The summed E-state index contributed by atoms with van der Waals surface area (Å²) in [7, 11) is 0. The van der Waals surface area contributed by atoms with Crippen LogP contribution in [0.4, 0.5) is 10.5 Å². The van der Waals surface area contributed by atoms with Gasteiger partial charge in [0.2, 0.25) is 0 Å². The van der Waals surface area contributed by atoms with Crippen molar-refractivity contribution < 1.29 is 14.7 Å². The zero-order chi connectivity index (χ0) is 18.1. The molecule has 1 unspecified atom stereocenters. The van der Waals surface area contributed by atoms with Crippen molar-refractivity contribution in [2.75, 3.05) is 11.4 Å². The van der Waals surface area contributed by atoms with Gasteiger partial charge >= 0.3 is 12.0 Å². The topological polar surface area (TPSA) is 98.3 Å². The summed E-state index contributed by atoms with van der Waals surface area (Å²) in [5.74, 6) is -1.07. The number of aromatic amines is 1. The van der Waals surface area contributed by atoms with E-state index in [0.717, 1.165) is 34.3 Å². The molecule has 0 aliphatic carbocycles. The largest absolute Gasteiger partial charge is 0.480 e. The molecule has 0 saturated heterocycles. The number of carboxylic acids is 1. The molecule has 1 aromatic carbocycles. The summed E-state index contributed by atoms with van der Waals surface area (Å²) in [6, 6.07) is 9.93. The quantitative estimate of drug-likeness (QED) is 0.672. The summed E-state index contributed by atoms with van der Waals surface area (Å²) in [6.07, 6.45) is 4.33. The van der Waals surface area contributed by atoms with Crippen LogP contribution < -0.4 is 10.2 Å². The smallest absolute Gasteiger partial charge is 0.326 e. The fourth-order valence-corrected chi connectivity index (χ4v) is 3.36. The van der Waals surface area contributed by atoms with Crippen LogP contribution in [-0.4, -0.2) is 39.7 Å². The van der Waals surface area contributed by atoms with Gasteiger partial charge in [0.25, 0.3) is 0 Å². The molecular formula is C19H18N4O3. The summed E-state index contributed by atoms with van der Waals surface area (Å²) in [5.41, 5.74) is 4.25. The van der Waals surface area contributed by atoms with E-state index in [9.17, 15) is 14.7 Å². The van der Waals surface area contributed by atoms with E-state index in [0.29, 0.717) is 6.54 Å². The molecule has 1 aliphatic heterocycles. The third-order valence-corrected chi connectivity index (χ3v) is 4.67. The second-order valence-corrected chi connectivity index (χ2v) is 6.29. The predicted molar refractivity (Wildman–Crippen MR) is 97.2 cm³/mol. The standard InChI is InChI=1S/C19H18N4O3/c24-18(25)15(10-13-11-21-14-5-3-8-20-17(13)14)22-19(26)23-9-7-12-4-1-2-6-16(12)23/h1-6,8,11,15,21H,7,9-10H2,(H,22,26)(H,24,25). The van der Waals surface area contributed by atoms with Gasteiger partial charge in [0.1, 0.15) is 6.04 Å². The van der Waals surface area contributed by atoms with Crippen molar-refractivity contribution in [1.29, 1.82) is 0 Å². The number of anilines is 1. The first-order valence-corrected chi connectivity index (χ1v) is 8.43. The van der Waals surface area contributed by atoms with Gasteiger partial charge in [-0.25, -0.2) is 9.59 Å². The number of pyridine rings is 1. The number of carbonyl (C=O) groups is 2. The lowest BCUT2D eigenvalue weighted by molar-refractivity contribution is -0.139. The Bertz CT molecular complexity index is 982. The molecule has 0 spiro atoms. The SMILES string of the molecule is O=C(O)C(Cc1c[nH]c2cccnc12)NC(=O)N1CCc2ccccc21. The minimum atomic E-state index is -1.07. The molecule has 4 rings (SSSR count). The first-order valence-electron chi connectivity index (χ1n) is 8.43. The molecule has 132 valence electrons. The van der Waals surface area contributed by atoms with Crippen molar-refractivity contribution in [2.24, 2.45) is 0 Å².